The molecule has 0 saturated heterocycles. The van der Waals surface area contributed by atoms with E-state index in [1.54, 1.807) is 6.92 Å². The number of carboxylic acids is 1. The molecule has 1 unspecified atom stereocenters. The van der Waals surface area contributed by atoms with Crippen molar-refractivity contribution in [2.24, 2.45) is 0 Å². The number of alkyl halides is 3. The van der Waals surface area contributed by atoms with Gasteiger partial charge in [-0.3, -0.25) is 9.59 Å². The second-order valence-corrected chi connectivity index (χ2v) is 4.30. The van der Waals surface area contributed by atoms with Gasteiger partial charge in [-0.05, 0) is 24.6 Å². The zero-order valence-corrected chi connectivity index (χ0v) is 10.7. The number of carboxylic acid groups (broad SMARTS) is 1. The summed E-state index contributed by atoms with van der Waals surface area (Å²) in [7, 11) is 0. The first-order chi connectivity index (χ1) is 9.20. The van der Waals surface area contributed by atoms with Crippen molar-refractivity contribution in [2.45, 2.75) is 32.0 Å². The van der Waals surface area contributed by atoms with E-state index in [1.807, 2.05) is 0 Å². The fourth-order valence-electron chi connectivity index (χ4n) is 1.58. The van der Waals surface area contributed by atoms with Crippen LogP contribution in [0.2, 0.25) is 0 Å². The smallest absolute Gasteiger partial charge is 0.416 e. The van der Waals surface area contributed by atoms with E-state index in [9.17, 15) is 22.8 Å². The summed E-state index contributed by atoms with van der Waals surface area (Å²) >= 11 is 0. The van der Waals surface area contributed by atoms with Crippen LogP contribution in [-0.2, 0) is 15.8 Å². The number of halogens is 3. The van der Waals surface area contributed by atoms with E-state index < -0.39 is 29.7 Å². The predicted octanol–water partition coefficient (Wildman–Crippen LogP) is 2.75. The highest BCUT2D eigenvalue weighted by Crippen LogP contribution is 2.29. The van der Waals surface area contributed by atoms with Gasteiger partial charge in [0, 0.05) is 6.42 Å². The number of carbonyl (C=O) groups excluding carboxylic acids is 1. The van der Waals surface area contributed by atoms with E-state index in [4.69, 9.17) is 5.11 Å². The summed E-state index contributed by atoms with van der Waals surface area (Å²) < 4.78 is 37.1. The number of aliphatic carboxylic acids is 1. The van der Waals surface area contributed by atoms with E-state index in [0.717, 1.165) is 12.1 Å². The van der Waals surface area contributed by atoms with E-state index in [1.165, 1.54) is 12.1 Å². The van der Waals surface area contributed by atoms with Crippen LogP contribution in [0.5, 0.6) is 0 Å². The van der Waals surface area contributed by atoms with Gasteiger partial charge < -0.3 is 10.4 Å². The minimum Gasteiger partial charge on any atom is -0.481 e. The molecule has 0 radical (unpaired) electrons. The number of hydrogen-bond acceptors (Lipinski definition) is 2. The molecular formula is C13H14F3NO3. The van der Waals surface area contributed by atoms with Gasteiger partial charge in [-0.1, -0.05) is 12.1 Å². The number of hydrogen-bond donors (Lipinski definition) is 2. The lowest BCUT2D eigenvalue weighted by molar-refractivity contribution is -0.139. The Morgan fingerprint density at radius 3 is 2.20 bits per heavy atom. The lowest BCUT2D eigenvalue weighted by atomic mass is 10.1. The molecule has 0 bridgehead atoms. The lowest BCUT2D eigenvalue weighted by Gasteiger charge is -2.15. The zero-order valence-electron chi connectivity index (χ0n) is 10.7. The quantitative estimate of drug-likeness (QED) is 0.876. The average Bonchev–Trinajstić information content (AvgIpc) is 2.35. The van der Waals surface area contributed by atoms with Crippen LogP contribution in [0, 0.1) is 0 Å². The Kier molecular flexibility index (Phi) is 5.12. The van der Waals surface area contributed by atoms with Crippen LogP contribution in [0.3, 0.4) is 0 Å². The second kappa shape index (κ2) is 6.40. The highest BCUT2D eigenvalue weighted by molar-refractivity contribution is 5.80. The maximum atomic E-state index is 12.4. The van der Waals surface area contributed by atoms with Crippen molar-refractivity contribution in [3.8, 4) is 0 Å². The third-order valence-corrected chi connectivity index (χ3v) is 2.68. The molecule has 2 N–H and O–H groups in total. The van der Waals surface area contributed by atoms with Crippen molar-refractivity contribution in [2.75, 3.05) is 0 Å². The van der Waals surface area contributed by atoms with Crippen LogP contribution in [0.1, 0.15) is 36.9 Å². The minimum absolute atomic E-state index is 0.166. The largest absolute Gasteiger partial charge is 0.481 e. The Labute approximate surface area is 113 Å². The topological polar surface area (TPSA) is 66.4 Å². The van der Waals surface area contributed by atoms with Gasteiger partial charge in [-0.15, -0.1) is 0 Å². The van der Waals surface area contributed by atoms with E-state index in [0.29, 0.717) is 5.56 Å². The average molecular weight is 289 g/mol. The highest BCUT2D eigenvalue weighted by atomic mass is 19.4. The molecule has 1 amide bonds. The molecule has 0 saturated carbocycles. The molecule has 110 valence electrons. The highest BCUT2D eigenvalue weighted by Gasteiger charge is 2.30. The Hall–Kier alpha value is -2.05. The first-order valence-corrected chi connectivity index (χ1v) is 5.88. The molecule has 0 heterocycles. The Morgan fingerprint density at radius 2 is 1.75 bits per heavy atom. The van der Waals surface area contributed by atoms with Crippen molar-refractivity contribution >= 4 is 11.9 Å². The van der Waals surface area contributed by atoms with Crippen LogP contribution >= 0.6 is 0 Å². The Morgan fingerprint density at radius 1 is 1.20 bits per heavy atom. The molecule has 7 heteroatoms. The molecule has 0 spiro atoms. The van der Waals surface area contributed by atoms with Gasteiger partial charge in [0.15, 0.2) is 0 Å². The van der Waals surface area contributed by atoms with Gasteiger partial charge in [-0.25, -0.2) is 0 Å². The first kappa shape index (κ1) is 16.0. The molecule has 4 nitrogen and oxygen atoms in total. The number of nitrogens with one attached hydrogen (secondary N) is 1. The zero-order chi connectivity index (χ0) is 15.3. The maximum Gasteiger partial charge on any atom is 0.416 e. The number of carbonyl (C=O) groups is 2. The van der Waals surface area contributed by atoms with Crippen LogP contribution in [-0.4, -0.2) is 17.0 Å². The summed E-state index contributed by atoms with van der Waals surface area (Å²) in [6.07, 6.45) is -4.85. The fraction of sp³-hybridized carbons (Fsp3) is 0.385. The second-order valence-electron chi connectivity index (χ2n) is 4.30. The van der Waals surface area contributed by atoms with Crippen molar-refractivity contribution in [1.82, 2.24) is 5.32 Å². The van der Waals surface area contributed by atoms with E-state index in [2.05, 4.69) is 5.32 Å². The molecule has 0 fully saturated rings. The van der Waals surface area contributed by atoms with Gasteiger partial charge in [0.1, 0.15) is 0 Å². The molecule has 0 aliphatic rings. The van der Waals surface area contributed by atoms with Crippen molar-refractivity contribution < 1.29 is 27.9 Å². The van der Waals surface area contributed by atoms with Gasteiger partial charge >= 0.3 is 12.1 Å². The Balaban J connectivity index is 2.62. The molecule has 1 aromatic rings. The third-order valence-electron chi connectivity index (χ3n) is 2.68. The van der Waals surface area contributed by atoms with Crippen LogP contribution in [0.25, 0.3) is 0 Å². The minimum atomic E-state index is -4.40. The normalized spacial score (nSPS) is 12.8. The van der Waals surface area contributed by atoms with Crippen LogP contribution < -0.4 is 5.32 Å². The van der Waals surface area contributed by atoms with Crippen molar-refractivity contribution in [3.63, 3.8) is 0 Å². The van der Waals surface area contributed by atoms with Gasteiger partial charge in [0.05, 0.1) is 18.0 Å². The van der Waals surface area contributed by atoms with Gasteiger partial charge in [0.2, 0.25) is 5.91 Å². The predicted molar refractivity (Wildman–Crippen MR) is 64.9 cm³/mol. The molecule has 0 aliphatic carbocycles. The molecule has 1 aromatic carbocycles. The van der Waals surface area contributed by atoms with Crippen molar-refractivity contribution in [1.29, 1.82) is 0 Å². The standard InChI is InChI=1S/C13H14F3NO3/c1-8(17-11(18)6-7-12(19)20)9-2-4-10(5-3-9)13(14,15)16/h2-5,8H,6-7H2,1H3,(H,17,18)(H,19,20). The van der Waals surface area contributed by atoms with Crippen LogP contribution in [0.4, 0.5) is 13.2 Å². The monoisotopic (exact) mass is 289 g/mol. The number of rotatable bonds is 5. The molecular weight excluding hydrogens is 275 g/mol. The lowest BCUT2D eigenvalue weighted by Crippen LogP contribution is -2.27. The van der Waals surface area contributed by atoms with E-state index >= 15 is 0 Å². The summed E-state index contributed by atoms with van der Waals surface area (Å²) in [5.41, 5.74) is -0.243. The SMILES string of the molecule is CC(NC(=O)CCC(=O)O)c1ccc(C(F)(F)F)cc1. The molecule has 0 aliphatic heterocycles. The summed E-state index contributed by atoms with van der Waals surface area (Å²) in [6.45, 7) is 1.61. The third kappa shape index (κ3) is 4.91. The molecule has 1 rings (SSSR count). The molecule has 0 aromatic heterocycles. The fourth-order valence-corrected chi connectivity index (χ4v) is 1.58. The number of amides is 1. The van der Waals surface area contributed by atoms with Crippen molar-refractivity contribution in [3.05, 3.63) is 35.4 Å². The van der Waals surface area contributed by atoms with Crippen LogP contribution in [0.15, 0.2) is 24.3 Å². The summed E-state index contributed by atoms with van der Waals surface area (Å²) in [5.74, 6) is -1.54. The van der Waals surface area contributed by atoms with E-state index in [-0.39, 0.29) is 12.8 Å². The summed E-state index contributed by atoms with van der Waals surface area (Å²) in [5, 5.41) is 11.0. The summed E-state index contributed by atoms with van der Waals surface area (Å²) in [4.78, 5) is 21.7. The Bertz CT molecular complexity index is 483. The maximum absolute atomic E-state index is 12.4. The molecule has 20 heavy (non-hydrogen) atoms. The van der Waals surface area contributed by atoms with Gasteiger partial charge in [0.25, 0.3) is 0 Å². The number of benzene rings is 1. The first-order valence-electron chi connectivity index (χ1n) is 5.88. The van der Waals surface area contributed by atoms with Gasteiger partial charge in [-0.2, -0.15) is 13.2 Å². The summed E-state index contributed by atoms with van der Waals surface area (Å²) in [6, 6.07) is 3.96. The molecule has 1 atom stereocenters.